The van der Waals surface area contributed by atoms with Crippen molar-refractivity contribution in [2.24, 2.45) is 0 Å². The minimum Gasteiger partial charge on any atom is -0.351 e. The summed E-state index contributed by atoms with van der Waals surface area (Å²) in [7, 11) is 0. The van der Waals surface area contributed by atoms with E-state index in [1.807, 2.05) is 11.8 Å². The fourth-order valence-electron chi connectivity index (χ4n) is 4.23. The molecule has 2 unspecified atom stereocenters. The number of halogens is 1. The molecule has 3 fully saturated rings. The molecule has 3 aliphatic heterocycles. The number of nitrogens with zero attached hydrogens (tertiary/aromatic N) is 4. The lowest BCUT2D eigenvalue weighted by Gasteiger charge is -2.56. The van der Waals surface area contributed by atoms with Crippen molar-refractivity contribution in [2.45, 2.75) is 38.8 Å². The summed E-state index contributed by atoms with van der Waals surface area (Å²) >= 11 is 0. The van der Waals surface area contributed by atoms with Crippen LogP contribution in [-0.2, 0) is 16.0 Å². The number of fused-ring (bicyclic) bond motifs is 2. The average molecular weight is 412 g/mol. The Balaban J connectivity index is 1.35. The highest BCUT2D eigenvalue weighted by Crippen LogP contribution is 2.34. The topological polar surface area (TPSA) is 90.5 Å². The maximum absolute atomic E-state index is 14.6. The monoisotopic (exact) mass is 412 g/mol. The van der Waals surface area contributed by atoms with E-state index in [9.17, 15) is 14.0 Å². The molecule has 1 aromatic carbocycles. The summed E-state index contributed by atoms with van der Waals surface area (Å²) in [6.07, 6.45) is 2.93. The number of piperazine rings is 1. The summed E-state index contributed by atoms with van der Waals surface area (Å²) in [5.41, 5.74) is 1.70. The van der Waals surface area contributed by atoms with Crippen LogP contribution >= 0.6 is 0 Å². The number of hydrogen-bond donors (Lipinski definition) is 2. The number of anilines is 3. The number of piperidine rings is 1. The van der Waals surface area contributed by atoms with Crippen LogP contribution in [-0.4, -0.2) is 58.4 Å². The Morgan fingerprint density at radius 2 is 1.87 bits per heavy atom. The molecule has 8 nitrogen and oxygen atoms in total. The lowest BCUT2D eigenvalue weighted by molar-refractivity contribution is -0.121. The first-order valence-electron chi connectivity index (χ1n) is 10.1. The van der Waals surface area contributed by atoms with E-state index in [1.165, 1.54) is 13.3 Å². The number of rotatable bonds is 6. The molecule has 3 aliphatic rings. The van der Waals surface area contributed by atoms with Crippen LogP contribution in [0.25, 0.3) is 0 Å². The quantitative estimate of drug-likeness (QED) is 0.755. The van der Waals surface area contributed by atoms with E-state index in [0.29, 0.717) is 42.4 Å². The Labute approximate surface area is 174 Å². The van der Waals surface area contributed by atoms with Gasteiger partial charge in [-0.3, -0.25) is 14.5 Å². The Morgan fingerprint density at radius 1 is 1.17 bits per heavy atom. The summed E-state index contributed by atoms with van der Waals surface area (Å²) in [4.78, 5) is 36.0. The second kappa shape index (κ2) is 8.35. The van der Waals surface area contributed by atoms with Gasteiger partial charge in [-0.1, -0.05) is 13.0 Å². The first-order chi connectivity index (χ1) is 14.4. The molecule has 9 heteroatoms. The molecule has 30 heavy (non-hydrogen) atoms. The zero-order valence-electron chi connectivity index (χ0n) is 17.1. The Hall–Kier alpha value is -3.07. The Bertz CT molecular complexity index is 956. The van der Waals surface area contributed by atoms with Crippen molar-refractivity contribution in [1.29, 1.82) is 0 Å². The molecule has 5 rings (SSSR count). The fraction of sp³-hybridized carbons (Fsp3) is 0.429. The predicted molar refractivity (Wildman–Crippen MR) is 112 cm³/mol. The van der Waals surface area contributed by atoms with Gasteiger partial charge in [-0.2, -0.15) is 0 Å². The summed E-state index contributed by atoms with van der Waals surface area (Å²) in [6, 6.07) is 7.44. The largest absolute Gasteiger partial charge is 0.351 e. The van der Waals surface area contributed by atoms with E-state index in [1.54, 1.807) is 24.3 Å². The first kappa shape index (κ1) is 20.2. The number of aryl methyl sites for hydroxylation is 1. The zero-order valence-corrected chi connectivity index (χ0v) is 17.1. The van der Waals surface area contributed by atoms with Crippen LogP contribution in [0.5, 0.6) is 0 Å². The van der Waals surface area contributed by atoms with Gasteiger partial charge < -0.3 is 15.5 Å². The summed E-state index contributed by atoms with van der Waals surface area (Å²) < 4.78 is 14.6. The van der Waals surface area contributed by atoms with Gasteiger partial charge in [-0.05, 0) is 31.0 Å². The van der Waals surface area contributed by atoms with E-state index >= 15 is 0 Å². The first-order valence-corrected chi connectivity index (χ1v) is 10.1. The van der Waals surface area contributed by atoms with Gasteiger partial charge >= 0.3 is 0 Å². The maximum Gasteiger partial charge on any atom is 0.238 e. The molecule has 2 N–H and O–H groups in total. The highest BCUT2D eigenvalue weighted by molar-refractivity contribution is 5.94. The average Bonchev–Trinajstić information content (AvgIpc) is 2.72. The molecule has 2 atom stereocenters. The molecule has 1 aromatic heterocycles. The predicted octanol–water partition coefficient (Wildman–Crippen LogP) is 2.04. The second-order valence-corrected chi connectivity index (χ2v) is 7.74. The van der Waals surface area contributed by atoms with Crippen molar-refractivity contribution >= 4 is 29.0 Å². The Kier molecular flexibility index (Phi) is 5.63. The SMILES string of the molecule is CCc1ncnc(N2CC3CC(C2)N3CC(=O)Nc2cccc(NC(C)=O)c2)c1F. The van der Waals surface area contributed by atoms with Crippen molar-refractivity contribution in [2.75, 3.05) is 35.2 Å². The fourth-order valence-corrected chi connectivity index (χ4v) is 4.23. The number of nitrogens with one attached hydrogen (secondary N) is 2. The van der Waals surface area contributed by atoms with E-state index in [0.717, 1.165) is 6.42 Å². The summed E-state index contributed by atoms with van der Waals surface area (Å²) in [5, 5.41) is 5.58. The van der Waals surface area contributed by atoms with Crippen LogP contribution in [0.3, 0.4) is 0 Å². The number of aromatic nitrogens is 2. The molecule has 0 saturated carbocycles. The van der Waals surface area contributed by atoms with Crippen LogP contribution in [0.1, 0.15) is 26.0 Å². The smallest absolute Gasteiger partial charge is 0.238 e. The normalized spacial score (nSPS) is 20.4. The van der Waals surface area contributed by atoms with Gasteiger partial charge in [0.05, 0.1) is 12.2 Å². The van der Waals surface area contributed by atoms with E-state index in [4.69, 9.17) is 0 Å². The van der Waals surface area contributed by atoms with Gasteiger partial charge in [0, 0.05) is 43.5 Å². The molecule has 2 bridgehead atoms. The minimum atomic E-state index is -0.343. The number of carbonyl (C=O) groups is 2. The maximum atomic E-state index is 14.6. The molecule has 0 aliphatic carbocycles. The number of carbonyl (C=O) groups excluding carboxylic acids is 2. The number of hydrogen-bond acceptors (Lipinski definition) is 6. The highest BCUT2D eigenvalue weighted by Gasteiger charge is 2.46. The van der Waals surface area contributed by atoms with Gasteiger partial charge in [-0.25, -0.2) is 14.4 Å². The van der Waals surface area contributed by atoms with Crippen molar-refractivity contribution in [1.82, 2.24) is 14.9 Å². The molecule has 3 saturated heterocycles. The lowest BCUT2D eigenvalue weighted by Crippen LogP contribution is -2.70. The van der Waals surface area contributed by atoms with Crippen LogP contribution < -0.4 is 15.5 Å². The van der Waals surface area contributed by atoms with Gasteiger partial charge in [0.25, 0.3) is 0 Å². The zero-order chi connectivity index (χ0) is 21.3. The summed E-state index contributed by atoms with van der Waals surface area (Å²) in [5.74, 6) is -0.262. The van der Waals surface area contributed by atoms with Gasteiger partial charge in [0.1, 0.15) is 6.33 Å². The standard InChI is InChI=1S/C21H25FN6O2/c1-3-18-20(22)21(24-12-23-18)27-9-16-8-17(10-27)28(16)11-19(30)26-15-6-4-5-14(7-15)25-13(2)29/h4-7,12,16-17H,3,8-11H2,1-2H3,(H,25,29)(H,26,30). The second-order valence-electron chi connectivity index (χ2n) is 7.74. The summed E-state index contributed by atoms with van der Waals surface area (Å²) in [6.45, 7) is 4.86. The molecule has 0 spiro atoms. The van der Waals surface area contributed by atoms with Crippen LogP contribution in [0, 0.1) is 5.82 Å². The third kappa shape index (κ3) is 4.11. The molecule has 2 amide bonds. The van der Waals surface area contributed by atoms with Gasteiger partial charge in [0.15, 0.2) is 11.6 Å². The highest BCUT2D eigenvalue weighted by atomic mass is 19.1. The number of benzene rings is 1. The van der Waals surface area contributed by atoms with Crippen molar-refractivity contribution in [3.05, 3.63) is 42.1 Å². The van der Waals surface area contributed by atoms with Crippen molar-refractivity contribution < 1.29 is 14.0 Å². The molecule has 4 heterocycles. The van der Waals surface area contributed by atoms with E-state index in [-0.39, 0.29) is 36.3 Å². The van der Waals surface area contributed by atoms with E-state index < -0.39 is 0 Å². The third-order valence-corrected chi connectivity index (χ3v) is 5.62. The lowest BCUT2D eigenvalue weighted by atomic mass is 9.87. The van der Waals surface area contributed by atoms with Crippen molar-refractivity contribution in [3.8, 4) is 0 Å². The molecule has 2 aromatic rings. The van der Waals surface area contributed by atoms with E-state index in [2.05, 4.69) is 25.5 Å². The van der Waals surface area contributed by atoms with Crippen LogP contribution in [0.4, 0.5) is 21.6 Å². The third-order valence-electron chi connectivity index (χ3n) is 5.62. The van der Waals surface area contributed by atoms with Gasteiger partial charge in [0.2, 0.25) is 11.8 Å². The molecular weight excluding hydrogens is 387 g/mol. The van der Waals surface area contributed by atoms with Gasteiger partial charge in [-0.15, -0.1) is 0 Å². The molecule has 158 valence electrons. The van der Waals surface area contributed by atoms with Crippen molar-refractivity contribution in [3.63, 3.8) is 0 Å². The van der Waals surface area contributed by atoms with Crippen LogP contribution in [0.2, 0.25) is 0 Å². The minimum absolute atomic E-state index is 0.111. The number of amides is 2. The Morgan fingerprint density at radius 3 is 2.53 bits per heavy atom. The van der Waals surface area contributed by atoms with Crippen LogP contribution in [0.15, 0.2) is 30.6 Å². The molecular formula is C21H25FN6O2. The molecule has 0 radical (unpaired) electrons.